The molecule has 2 aromatic rings. The van der Waals surface area contributed by atoms with Gasteiger partial charge in [-0.25, -0.2) is 0 Å². The first kappa shape index (κ1) is 14.9. The lowest BCUT2D eigenvalue weighted by Crippen LogP contribution is -2.29. The van der Waals surface area contributed by atoms with Gasteiger partial charge in [0.25, 0.3) is 5.70 Å². The molecule has 4 rings (SSSR count). The van der Waals surface area contributed by atoms with Gasteiger partial charge in [-0.1, -0.05) is 23.4 Å². The van der Waals surface area contributed by atoms with Gasteiger partial charge < -0.3 is 4.57 Å². The zero-order chi connectivity index (χ0) is 17.7. The Labute approximate surface area is 139 Å². The highest BCUT2D eigenvalue weighted by molar-refractivity contribution is 6.09. The van der Waals surface area contributed by atoms with Crippen LogP contribution in [0.3, 0.4) is 0 Å². The lowest BCUT2D eigenvalue weighted by atomic mass is 9.85. The maximum absolute atomic E-state index is 11.6. The fourth-order valence-electron chi connectivity index (χ4n) is 3.24. The van der Waals surface area contributed by atoms with Crippen molar-refractivity contribution in [3.63, 3.8) is 0 Å². The predicted octanol–water partition coefficient (Wildman–Crippen LogP) is 1.82. The maximum atomic E-state index is 11.6. The molecule has 126 valence electrons. The van der Waals surface area contributed by atoms with Crippen molar-refractivity contribution in [3.8, 4) is 0 Å². The number of allylic oxidation sites excluding steroid dienone is 3. The number of rotatable bonds is 3. The summed E-state index contributed by atoms with van der Waals surface area (Å²) in [5.74, 6) is -0.880. The summed E-state index contributed by atoms with van der Waals surface area (Å²) >= 11 is 0. The Hall–Kier alpha value is -3.69. The molecule has 1 aromatic carbocycles. The van der Waals surface area contributed by atoms with Crippen LogP contribution in [-0.2, 0) is 12.0 Å². The van der Waals surface area contributed by atoms with E-state index in [1.807, 2.05) is 35.9 Å². The Kier molecular flexibility index (Phi) is 3.07. The van der Waals surface area contributed by atoms with Crippen molar-refractivity contribution in [2.24, 2.45) is 12.2 Å². The molecular formula is C15H11N5O5. The van der Waals surface area contributed by atoms with Crippen molar-refractivity contribution in [2.45, 2.75) is 5.92 Å². The average Bonchev–Trinajstić information content (AvgIpc) is 3.18. The summed E-state index contributed by atoms with van der Waals surface area (Å²) in [7, 11) is 1.83. The smallest absolute Gasteiger partial charge is 0.304 e. The van der Waals surface area contributed by atoms with E-state index in [-0.39, 0.29) is 17.1 Å². The number of aryl methyl sites for hydroxylation is 1. The summed E-state index contributed by atoms with van der Waals surface area (Å²) in [5.41, 5.74) is 3.27. The molecule has 0 fully saturated rings. The number of nitrogens with zero attached hydrogens (tertiary/aromatic N) is 4. The SMILES string of the molecule is Cn1cc(C2C([N+](=O)[O-])=CC([N+](=O)[O-])=C3NON=C32)c2ccccc21. The van der Waals surface area contributed by atoms with E-state index in [1.54, 1.807) is 6.20 Å². The van der Waals surface area contributed by atoms with Gasteiger partial charge in [0.15, 0.2) is 5.70 Å². The van der Waals surface area contributed by atoms with Crippen molar-refractivity contribution >= 4 is 16.6 Å². The van der Waals surface area contributed by atoms with Gasteiger partial charge in [0.1, 0.15) is 11.6 Å². The number of oxime groups is 1. The van der Waals surface area contributed by atoms with Crippen molar-refractivity contribution in [3.05, 3.63) is 79.4 Å². The number of fused-ring (bicyclic) bond motifs is 2. The topological polar surface area (TPSA) is 125 Å². The Bertz CT molecular complexity index is 1030. The Balaban J connectivity index is 1.99. The highest BCUT2D eigenvalue weighted by Crippen LogP contribution is 2.39. The average molecular weight is 341 g/mol. The van der Waals surface area contributed by atoms with Gasteiger partial charge in [0.2, 0.25) is 0 Å². The fourth-order valence-corrected chi connectivity index (χ4v) is 3.24. The molecule has 0 saturated heterocycles. The molecule has 2 heterocycles. The molecule has 0 spiro atoms. The summed E-state index contributed by atoms with van der Waals surface area (Å²) in [4.78, 5) is 26.3. The van der Waals surface area contributed by atoms with Gasteiger partial charge in [-0.15, -0.1) is 0 Å². The number of nitrogens with one attached hydrogen (secondary N) is 1. The first-order valence-corrected chi connectivity index (χ1v) is 7.28. The summed E-state index contributed by atoms with van der Waals surface area (Å²) in [6.45, 7) is 0. The number of hydroxylamine groups is 1. The normalized spacial score (nSPS) is 19.0. The van der Waals surface area contributed by atoms with Crippen molar-refractivity contribution < 1.29 is 14.8 Å². The largest absolute Gasteiger partial charge is 0.350 e. The van der Waals surface area contributed by atoms with Gasteiger partial charge in [0, 0.05) is 24.1 Å². The molecule has 2 aliphatic rings. The molecule has 0 saturated carbocycles. The maximum Gasteiger partial charge on any atom is 0.304 e. The van der Waals surface area contributed by atoms with Crippen LogP contribution in [0.2, 0.25) is 0 Å². The van der Waals surface area contributed by atoms with Gasteiger partial charge in [-0.2, -0.15) is 5.48 Å². The summed E-state index contributed by atoms with van der Waals surface area (Å²) in [6, 6.07) is 7.43. The second kappa shape index (κ2) is 5.16. The molecule has 25 heavy (non-hydrogen) atoms. The van der Waals surface area contributed by atoms with Crippen LogP contribution in [0.1, 0.15) is 11.5 Å². The third kappa shape index (κ3) is 2.07. The standard InChI is InChI=1S/C15H11N5O5/c1-18-7-9(8-4-2-3-5-10(8)18)13-11(19(21)22)6-12(20(23)24)14-15(13)17-25-16-14/h2-7,13,16H,1H3. The second-order valence-corrected chi connectivity index (χ2v) is 5.66. The quantitative estimate of drug-likeness (QED) is 0.670. The highest BCUT2D eigenvalue weighted by atomic mass is 16.8. The minimum atomic E-state index is -0.880. The van der Waals surface area contributed by atoms with E-state index in [0.29, 0.717) is 5.56 Å². The fraction of sp³-hybridized carbons (Fsp3) is 0.133. The molecule has 10 nitrogen and oxygen atoms in total. The molecule has 0 bridgehead atoms. The molecule has 1 aromatic heterocycles. The Morgan fingerprint density at radius 3 is 2.72 bits per heavy atom. The lowest BCUT2D eigenvalue weighted by Gasteiger charge is -2.16. The van der Waals surface area contributed by atoms with E-state index in [0.717, 1.165) is 17.0 Å². The third-order valence-corrected chi connectivity index (χ3v) is 4.30. The van der Waals surface area contributed by atoms with Crippen LogP contribution >= 0.6 is 0 Å². The van der Waals surface area contributed by atoms with E-state index in [9.17, 15) is 20.2 Å². The van der Waals surface area contributed by atoms with Crippen LogP contribution in [0.5, 0.6) is 0 Å². The minimum Gasteiger partial charge on any atom is -0.350 e. The number of hydrogen-bond donors (Lipinski definition) is 1. The third-order valence-electron chi connectivity index (χ3n) is 4.30. The van der Waals surface area contributed by atoms with Crippen LogP contribution in [0.25, 0.3) is 10.9 Å². The van der Waals surface area contributed by atoms with Gasteiger partial charge in [-0.05, 0) is 11.6 Å². The van der Waals surface area contributed by atoms with Crippen LogP contribution in [0.15, 0.2) is 58.8 Å². The van der Waals surface area contributed by atoms with Crippen LogP contribution in [-0.4, -0.2) is 20.1 Å². The number of nitro groups is 2. The predicted molar refractivity (Wildman–Crippen MR) is 86.4 cm³/mol. The molecule has 1 N–H and O–H groups in total. The number of benzene rings is 1. The van der Waals surface area contributed by atoms with Crippen LogP contribution in [0, 0.1) is 20.2 Å². The van der Waals surface area contributed by atoms with Gasteiger partial charge >= 0.3 is 5.70 Å². The molecule has 1 aliphatic carbocycles. The second-order valence-electron chi connectivity index (χ2n) is 5.66. The minimum absolute atomic E-state index is 0.0357. The van der Waals surface area contributed by atoms with Crippen molar-refractivity contribution in [1.82, 2.24) is 10.0 Å². The molecule has 1 unspecified atom stereocenters. The van der Waals surface area contributed by atoms with E-state index >= 15 is 0 Å². The highest BCUT2D eigenvalue weighted by Gasteiger charge is 2.46. The van der Waals surface area contributed by atoms with Gasteiger partial charge in [-0.3, -0.25) is 25.2 Å². The van der Waals surface area contributed by atoms with E-state index in [1.165, 1.54) is 0 Å². The molecule has 1 atom stereocenters. The monoisotopic (exact) mass is 341 g/mol. The van der Waals surface area contributed by atoms with Crippen molar-refractivity contribution in [1.29, 1.82) is 0 Å². The zero-order valence-electron chi connectivity index (χ0n) is 12.9. The summed E-state index contributed by atoms with van der Waals surface area (Å²) in [5, 5.41) is 27.4. The number of hydrogen-bond acceptors (Lipinski definition) is 7. The molecule has 10 heteroatoms. The van der Waals surface area contributed by atoms with E-state index < -0.39 is 21.5 Å². The van der Waals surface area contributed by atoms with Crippen LogP contribution < -0.4 is 5.48 Å². The molecule has 1 aliphatic heterocycles. The van der Waals surface area contributed by atoms with E-state index in [4.69, 9.17) is 4.94 Å². The number of aromatic nitrogens is 1. The Morgan fingerprint density at radius 2 is 2.00 bits per heavy atom. The number of para-hydroxylation sites is 1. The summed E-state index contributed by atoms with van der Waals surface area (Å²) in [6.07, 6.45) is 2.73. The summed E-state index contributed by atoms with van der Waals surface area (Å²) < 4.78 is 1.85. The van der Waals surface area contributed by atoms with Crippen molar-refractivity contribution in [2.75, 3.05) is 0 Å². The van der Waals surface area contributed by atoms with Gasteiger partial charge in [0.05, 0.1) is 15.9 Å². The molecule has 0 amide bonds. The van der Waals surface area contributed by atoms with E-state index in [2.05, 4.69) is 10.6 Å². The lowest BCUT2D eigenvalue weighted by molar-refractivity contribution is -0.438. The first-order chi connectivity index (χ1) is 12.0. The first-order valence-electron chi connectivity index (χ1n) is 7.28. The molecular weight excluding hydrogens is 330 g/mol. The Morgan fingerprint density at radius 1 is 1.24 bits per heavy atom. The van der Waals surface area contributed by atoms with Crippen LogP contribution in [0.4, 0.5) is 0 Å². The molecule has 0 radical (unpaired) electrons. The zero-order valence-corrected chi connectivity index (χ0v) is 12.9.